The molecule has 0 radical (unpaired) electrons. The predicted octanol–water partition coefficient (Wildman–Crippen LogP) is 1.56. The molecular weight excluding hydrogens is 166 g/mol. The molecular formula is C7H6ClNO2. The van der Waals surface area contributed by atoms with Gasteiger partial charge in [-0.3, -0.25) is 4.79 Å². The maximum atomic E-state index is 10.3. The lowest BCUT2D eigenvalue weighted by Crippen LogP contribution is -1.90. The smallest absolute Gasteiger partial charge is 0.213 e. The Morgan fingerprint density at radius 2 is 2.45 bits per heavy atom. The second-order valence-electron chi connectivity index (χ2n) is 1.87. The van der Waals surface area contributed by atoms with Crippen molar-refractivity contribution in [2.45, 2.75) is 0 Å². The number of carbonyl (C=O) groups excluding carboxylic acids is 1. The fourth-order valence-corrected chi connectivity index (χ4v) is 0.784. The monoisotopic (exact) mass is 171 g/mol. The van der Waals surface area contributed by atoms with Gasteiger partial charge in [-0.2, -0.15) is 0 Å². The van der Waals surface area contributed by atoms with E-state index in [0.717, 1.165) is 0 Å². The minimum Gasteiger partial charge on any atom is -0.481 e. The molecule has 0 unspecified atom stereocenters. The first-order chi connectivity index (χ1) is 5.27. The minimum absolute atomic E-state index is 0.334. The molecule has 0 aliphatic carbocycles. The summed E-state index contributed by atoms with van der Waals surface area (Å²) in [5, 5.41) is 0.334. The van der Waals surface area contributed by atoms with Gasteiger partial charge in [0.1, 0.15) is 0 Å². The van der Waals surface area contributed by atoms with Crippen LogP contribution in [-0.2, 0) is 0 Å². The molecule has 0 saturated carbocycles. The van der Waals surface area contributed by atoms with E-state index in [1.807, 2.05) is 0 Å². The zero-order chi connectivity index (χ0) is 8.27. The SMILES string of the molecule is COc1cc(C=O)c(Cl)cn1. The van der Waals surface area contributed by atoms with E-state index in [1.54, 1.807) is 0 Å². The molecule has 0 aliphatic rings. The van der Waals surface area contributed by atoms with Gasteiger partial charge in [-0.15, -0.1) is 0 Å². The Morgan fingerprint density at radius 1 is 1.73 bits per heavy atom. The molecule has 0 N–H and O–H groups in total. The number of aromatic nitrogens is 1. The maximum absolute atomic E-state index is 10.3. The van der Waals surface area contributed by atoms with Gasteiger partial charge in [-0.05, 0) is 0 Å². The molecule has 11 heavy (non-hydrogen) atoms. The van der Waals surface area contributed by atoms with Gasteiger partial charge < -0.3 is 4.74 Å². The van der Waals surface area contributed by atoms with Crippen LogP contribution in [0, 0.1) is 0 Å². The molecule has 1 heterocycles. The van der Waals surface area contributed by atoms with Crippen molar-refractivity contribution in [2.24, 2.45) is 0 Å². The number of rotatable bonds is 2. The predicted molar refractivity (Wildman–Crippen MR) is 41.2 cm³/mol. The van der Waals surface area contributed by atoms with Crippen molar-refractivity contribution in [3.63, 3.8) is 0 Å². The lowest BCUT2D eigenvalue weighted by Gasteiger charge is -1.98. The van der Waals surface area contributed by atoms with Crippen molar-refractivity contribution in [1.29, 1.82) is 0 Å². The van der Waals surface area contributed by atoms with Crippen LogP contribution in [0.1, 0.15) is 10.4 Å². The van der Waals surface area contributed by atoms with Crippen molar-refractivity contribution < 1.29 is 9.53 Å². The van der Waals surface area contributed by atoms with Gasteiger partial charge in [0.15, 0.2) is 6.29 Å². The first-order valence-corrected chi connectivity index (χ1v) is 3.30. The van der Waals surface area contributed by atoms with Crippen molar-refractivity contribution >= 4 is 17.9 Å². The fraction of sp³-hybridized carbons (Fsp3) is 0.143. The average molecular weight is 172 g/mol. The summed E-state index contributed by atoms with van der Waals surface area (Å²) in [6, 6.07) is 1.48. The van der Waals surface area contributed by atoms with Gasteiger partial charge in [-0.25, -0.2) is 4.98 Å². The average Bonchev–Trinajstić information content (AvgIpc) is 2.05. The van der Waals surface area contributed by atoms with Gasteiger partial charge in [0.2, 0.25) is 5.88 Å². The van der Waals surface area contributed by atoms with Crippen LogP contribution in [0.2, 0.25) is 5.02 Å². The molecule has 3 nitrogen and oxygen atoms in total. The van der Waals surface area contributed by atoms with Crippen LogP contribution in [0.4, 0.5) is 0 Å². The summed E-state index contributed by atoms with van der Waals surface area (Å²) in [5.74, 6) is 0.386. The van der Waals surface area contributed by atoms with Gasteiger partial charge >= 0.3 is 0 Å². The van der Waals surface area contributed by atoms with Crippen LogP contribution in [0.25, 0.3) is 0 Å². The molecule has 1 aromatic rings. The molecule has 4 heteroatoms. The summed E-state index contributed by atoms with van der Waals surface area (Å²) in [6.07, 6.45) is 2.04. The lowest BCUT2D eigenvalue weighted by atomic mass is 10.3. The number of halogens is 1. The van der Waals surface area contributed by atoms with Crippen LogP contribution in [0.3, 0.4) is 0 Å². The Hall–Kier alpha value is -1.09. The number of methoxy groups -OCH3 is 1. The van der Waals surface area contributed by atoms with E-state index in [2.05, 4.69) is 4.98 Å². The normalized spacial score (nSPS) is 9.27. The highest BCUT2D eigenvalue weighted by Crippen LogP contribution is 2.16. The van der Waals surface area contributed by atoms with Crippen LogP contribution < -0.4 is 4.74 Å². The molecule has 0 fully saturated rings. The minimum atomic E-state index is 0.334. The van der Waals surface area contributed by atoms with Gasteiger partial charge in [-0.1, -0.05) is 11.6 Å². The van der Waals surface area contributed by atoms with Gasteiger partial charge in [0.25, 0.3) is 0 Å². The van der Waals surface area contributed by atoms with Crippen molar-refractivity contribution in [2.75, 3.05) is 7.11 Å². The highest BCUT2D eigenvalue weighted by molar-refractivity contribution is 6.32. The van der Waals surface area contributed by atoms with E-state index in [0.29, 0.717) is 22.8 Å². The second-order valence-corrected chi connectivity index (χ2v) is 2.27. The number of hydrogen-bond donors (Lipinski definition) is 0. The van der Waals surface area contributed by atoms with Crippen LogP contribution in [0.5, 0.6) is 5.88 Å². The number of hydrogen-bond acceptors (Lipinski definition) is 3. The standard InChI is InChI=1S/C7H6ClNO2/c1-11-7-2-5(4-10)6(8)3-9-7/h2-4H,1H3. The Bertz CT molecular complexity index is 275. The topological polar surface area (TPSA) is 39.2 Å². The summed E-state index contributed by atoms with van der Waals surface area (Å²) in [4.78, 5) is 14.1. The maximum Gasteiger partial charge on any atom is 0.213 e. The third-order valence-corrected chi connectivity index (χ3v) is 1.51. The quantitative estimate of drug-likeness (QED) is 0.634. The number of carbonyl (C=O) groups is 1. The third kappa shape index (κ3) is 1.68. The molecule has 0 spiro atoms. The second kappa shape index (κ2) is 3.34. The van der Waals surface area contributed by atoms with Crippen LogP contribution >= 0.6 is 11.6 Å². The fourth-order valence-electron chi connectivity index (χ4n) is 0.636. The first kappa shape index (κ1) is 8.01. The Kier molecular flexibility index (Phi) is 2.44. The summed E-state index contributed by atoms with van der Waals surface area (Å²) >= 11 is 5.60. The van der Waals surface area contributed by atoms with Crippen LogP contribution in [-0.4, -0.2) is 18.4 Å². The number of ether oxygens (including phenoxy) is 1. The van der Waals surface area contributed by atoms with E-state index >= 15 is 0 Å². The third-order valence-electron chi connectivity index (χ3n) is 1.20. The molecule has 0 aromatic carbocycles. The summed E-state index contributed by atoms with van der Waals surface area (Å²) in [7, 11) is 1.48. The van der Waals surface area contributed by atoms with E-state index in [-0.39, 0.29) is 0 Å². The Balaban J connectivity index is 3.12. The van der Waals surface area contributed by atoms with E-state index in [9.17, 15) is 4.79 Å². The highest BCUT2D eigenvalue weighted by Gasteiger charge is 2.00. The number of aldehydes is 1. The molecule has 0 atom stereocenters. The van der Waals surface area contributed by atoms with Crippen molar-refractivity contribution in [3.8, 4) is 5.88 Å². The largest absolute Gasteiger partial charge is 0.481 e. The molecule has 0 aliphatic heterocycles. The first-order valence-electron chi connectivity index (χ1n) is 2.92. The molecule has 58 valence electrons. The summed E-state index contributed by atoms with van der Waals surface area (Å²) in [5.41, 5.74) is 0.388. The van der Waals surface area contributed by atoms with Crippen LogP contribution in [0.15, 0.2) is 12.3 Å². The number of pyridine rings is 1. The Morgan fingerprint density at radius 3 is 3.00 bits per heavy atom. The zero-order valence-corrected chi connectivity index (χ0v) is 6.63. The summed E-state index contributed by atoms with van der Waals surface area (Å²) in [6.45, 7) is 0. The molecule has 0 bridgehead atoms. The molecule has 1 rings (SSSR count). The molecule has 0 amide bonds. The number of nitrogens with zero attached hydrogens (tertiary/aromatic N) is 1. The van der Waals surface area contributed by atoms with E-state index in [1.165, 1.54) is 19.4 Å². The summed E-state index contributed by atoms with van der Waals surface area (Å²) < 4.78 is 4.78. The molecule has 1 aromatic heterocycles. The van der Waals surface area contributed by atoms with Gasteiger partial charge in [0.05, 0.1) is 18.3 Å². The van der Waals surface area contributed by atoms with E-state index < -0.39 is 0 Å². The van der Waals surface area contributed by atoms with E-state index in [4.69, 9.17) is 16.3 Å². The lowest BCUT2D eigenvalue weighted by molar-refractivity contribution is 0.112. The van der Waals surface area contributed by atoms with Gasteiger partial charge in [0, 0.05) is 11.6 Å². The Labute approximate surface area is 69.0 Å². The van der Waals surface area contributed by atoms with Crippen molar-refractivity contribution in [1.82, 2.24) is 4.98 Å². The zero-order valence-electron chi connectivity index (χ0n) is 5.87. The highest BCUT2D eigenvalue weighted by atomic mass is 35.5. The molecule has 0 saturated heterocycles. The van der Waals surface area contributed by atoms with Crippen molar-refractivity contribution in [3.05, 3.63) is 22.8 Å².